The molecule has 0 radical (unpaired) electrons. The van der Waals surface area contributed by atoms with Gasteiger partial charge < -0.3 is 41.1 Å². The number of hydrogen-bond acceptors (Lipinski definition) is 6. The van der Waals surface area contributed by atoms with Crippen molar-refractivity contribution in [1.82, 2.24) is 9.13 Å². The summed E-state index contributed by atoms with van der Waals surface area (Å²) in [6.07, 6.45) is 12.5. The Balaban J connectivity index is 0.000000216. The van der Waals surface area contributed by atoms with E-state index in [0.717, 1.165) is 94.1 Å². The number of nitrogens with one attached hydrogen (secondary N) is 1. The topological polar surface area (TPSA) is 123 Å². The van der Waals surface area contributed by atoms with Gasteiger partial charge in [0.25, 0.3) is 10.1 Å². The van der Waals surface area contributed by atoms with Gasteiger partial charge in [0.05, 0.1) is 40.6 Å². The number of ketones is 1. The summed E-state index contributed by atoms with van der Waals surface area (Å²) in [5, 5.41) is 8.16. The molecule has 1 amide bonds. The minimum Gasteiger partial charge on any atom is -1.00 e. The Morgan fingerprint density at radius 2 is 0.794 bits per heavy atom. The van der Waals surface area contributed by atoms with E-state index >= 15 is 0 Å². The van der Waals surface area contributed by atoms with Gasteiger partial charge in [-0.25, -0.2) is 0 Å². The van der Waals surface area contributed by atoms with Gasteiger partial charge in [0.2, 0.25) is 5.91 Å². The molecule has 2 N–H and O–H groups in total. The van der Waals surface area contributed by atoms with Gasteiger partial charge in [0, 0.05) is 68.4 Å². The number of nitrogens with zero attached hydrogens (tertiary/aromatic N) is 3. The van der Waals surface area contributed by atoms with Gasteiger partial charge in [-0.05, 0) is 312 Å². The Morgan fingerprint density at radius 1 is 0.430 bits per heavy atom. The average Bonchev–Trinajstić information content (AvgIpc) is 1.61. The third-order valence-electron chi connectivity index (χ3n) is 19.4. The molecule has 15 heteroatoms. The SMILES string of the molecule is CCC[S+](CCC)CCCCC(=O)c1ccc2c(c1)c1cc(C)ccc1n2-c1ccc(C)cc1.CC[S+](CC)CCCCC(=O)Nc1cc(C)c(N(c2ccc(C)cc2)c2ccc(C)cc2)c(C)c1.CC[S+](CC)CCCCCOc1ccc(-n2c3ccc(C)cc3c3cc(C)ccc32)cc1.CS(=O)(=O)O.[Br-]. The zero-order valence-corrected chi connectivity index (χ0v) is 71.4. The molecule has 0 aliphatic carbocycles. The summed E-state index contributed by atoms with van der Waals surface area (Å²) in [5.41, 5.74) is 22.1. The molecule has 0 saturated heterocycles. The van der Waals surface area contributed by atoms with Crippen LogP contribution in [0.1, 0.15) is 167 Å². The zero-order valence-electron chi connectivity index (χ0n) is 66.5. The van der Waals surface area contributed by atoms with Crippen LogP contribution < -0.4 is 31.9 Å². The molecule has 2 aromatic heterocycles. The van der Waals surface area contributed by atoms with Crippen molar-refractivity contribution in [1.29, 1.82) is 0 Å². The summed E-state index contributed by atoms with van der Waals surface area (Å²) in [7, 11) is -1.96. The molecule has 0 spiro atoms. The molecular formula is C92H119BrN4O6S4+2. The first-order valence-corrected chi connectivity index (χ1v) is 45.6. The first-order chi connectivity index (χ1) is 50.9. The number of carbonyl (C=O) groups is 2. The molecule has 0 unspecified atom stereocenters. The van der Waals surface area contributed by atoms with Crippen molar-refractivity contribution in [2.24, 2.45) is 0 Å². The number of Topliss-reactive ketones (excluding diaryl/α,β-unsaturated/α-hetero) is 1. The second kappa shape index (κ2) is 43.2. The quantitative estimate of drug-likeness (QED) is 0.0186. The number of aromatic nitrogens is 2. The molecule has 10 nitrogen and oxygen atoms in total. The highest BCUT2D eigenvalue weighted by molar-refractivity contribution is 7.97. The number of rotatable bonds is 32. The summed E-state index contributed by atoms with van der Waals surface area (Å²) in [6, 6.07) is 65.2. The molecular weight excluding hydrogens is 1470 g/mol. The molecule has 0 fully saturated rings. The molecule has 0 saturated carbocycles. The summed E-state index contributed by atoms with van der Waals surface area (Å²) >= 11 is 0. The van der Waals surface area contributed by atoms with Gasteiger partial charge in [-0.2, -0.15) is 8.42 Å². The lowest BCUT2D eigenvalue weighted by Crippen LogP contribution is -3.00. The summed E-state index contributed by atoms with van der Waals surface area (Å²) in [4.78, 5) is 28.0. The fourth-order valence-corrected chi connectivity index (χ4v) is 19.4. The van der Waals surface area contributed by atoms with Gasteiger partial charge in [0.1, 0.15) is 57.5 Å². The van der Waals surface area contributed by atoms with Crippen molar-refractivity contribution < 1.29 is 44.3 Å². The lowest BCUT2D eigenvalue weighted by atomic mass is 10.0. The maximum absolute atomic E-state index is 13.1. The van der Waals surface area contributed by atoms with Crippen LogP contribution in [0.25, 0.3) is 55.0 Å². The van der Waals surface area contributed by atoms with Crippen molar-refractivity contribution in [3.8, 4) is 17.1 Å². The number of fused-ring (bicyclic) bond motifs is 6. The first kappa shape index (κ1) is 87.0. The molecule has 11 rings (SSSR count). The fraction of sp³-hybridized carbons (Fsp3) is 0.391. The van der Waals surface area contributed by atoms with Crippen molar-refractivity contribution >= 4 is 121 Å². The number of halogens is 1. The Bertz CT molecular complexity index is 4590. The highest BCUT2D eigenvalue weighted by atomic mass is 79.9. The maximum atomic E-state index is 13.1. The van der Waals surface area contributed by atoms with Crippen LogP contribution in [0.15, 0.2) is 182 Å². The highest BCUT2D eigenvalue weighted by Gasteiger charge is 2.22. The maximum Gasteiger partial charge on any atom is 0.261 e. The van der Waals surface area contributed by atoms with E-state index in [4.69, 9.17) is 9.29 Å². The lowest BCUT2D eigenvalue weighted by Gasteiger charge is -2.29. The number of unbranched alkanes of at least 4 members (excludes halogenated alkanes) is 4. The van der Waals surface area contributed by atoms with E-state index in [0.29, 0.717) is 51.8 Å². The third kappa shape index (κ3) is 25.7. The van der Waals surface area contributed by atoms with Crippen LogP contribution >= 0.6 is 0 Å². The normalized spacial score (nSPS) is 11.4. The smallest absolute Gasteiger partial charge is 0.261 e. The van der Waals surface area contributed by atoms with E-state index in [2.05, 4.69) is 292 Å². The van der Waals surface area contributed by atoms with Crippen LogP contribution in [0.2, 0.25) is 0 Å². The summed E-state index contributed by atoms with van der Waals surface area (Å²) in [5.74, 6) is 13.2. The lowest BCUT2D eigenvalue weighted by molar-refractivity contribution is -0.116. The molecule has 0 atom stereocenters. The Labute approximate surface area is 660 Å². The number of anilines is 4. The van der Waals surface area contributed by atoms with Gasteiger partial charge in [0.15, 0.2) is 5.78 Å². The summed E-state index contributed by atoms with van der Waals surface area (Å²) < 4.78 is 36.6. The minimum absolute atomic E-state index is 0. The molecule has 2 heterocycles. The van der Waals surface area contributed by atoms with Crippen LogP contribution in [-0.4, -0.2) is 98.4 Å². The van der Waals surface area contributed by atoms with Crippen molar-refractivity contribution in [3.05, 3.63) is 232 Å². The van der Waals surface area contributed by atoms with Crippen molar-refractivity contribution in [3.63, 3.8) is 0 Å². The predicted molar refractivity (Wildman–Crippen MR) is 467 cm³/mol. The fourth-order valence-electron chi connectivity index (χ4n) is 13.9. The van der Waals surface area contributed by atoms with E-state index in [1.54, 1.807) is 0 Å². The Kier molecular flexibility index (Phi) is 35.1. The molecule has 572 valence electrons. The molecule has 11 aromatic rings. The standard InChI is InChI=1S/C31H40N2OS.C31H38NOS.C29H36NOS.CH4O3S.BrH/c1-7-35(8-2)20-10-9-11-30(34)32-27-21-25(5)31(26(6)22-27)33(28-16-12-23(3)13-17-28)29-18-14-24(4)15-19-29;1-5-18-34(19-6-2)20-8-7-9-31(33)25-13-17-30-28(22-25)27-21-24(4)12-16-29(27)32(30)26-14-10-23(3)11-15-26;1-5-32(6-2)19-9-7-8-18-31-25-14-12-24(13-15-25)30-28-16-10-22(3)20-26(28)27-21-23(4)11-17-29(27)30;1-5(2,3)4;/h12-19,21-22H,7-11,20H2,1-6H3;10-17,21-22H,5-9,18-20H2,1-4H3;10-17,20-21H,5-9,18-19H2,1-4H3;1H3,(H,2,3,4);1H/q;2*+1;;. The van der Waals surface area contributed by atoms with Crippen LogP contribution in [0.5, 0.6) is 5.75 Å². The number of hydrogen-bond donors (Lipinski definition) is 2. The van der Waals surface area contributed by atoms with Crippen LogP contribution in [-0.2, 0) is 47.6 Å². The number of aryl methyl sites for hydroxylation is 8. The Morgan fingerprint density at radius 3 is 1.21 bits per heavy atom. The van der Waals surface area contributed by atoms with E-state index in [-0.39, 0.29) is 28.7 Å². The Hall–Kier alpha value is -7.24. The largest absolute Gasteiger partial charge is 1.00 e. The molecule has 9 aromatic carbocycles. The molecule has 0 aliphatic rings. The van der Waals surface area contributed by atoms with Crippen LogP contribution in [0, 0.1) is 55.4 Å². The van der Waals surface area contributed by atoms with E-state index in [1.165, 1.54) is 156 Å². The number of benzene rings is 9. The summed E-state index contributed by atoms with van der Waals surface area (Å²) in [6.45, 7) is 31.6. The van der Waals surface area contributed by atoms with E-state index in [9.17, 15) is 18.0 Å². The van der Waals surface area contributed by atoms with Gasteiger partial charge >= 0.3 is 0 Å². The van der Waals surface area contributed by atoms with E-state index in [1.807, 2.05) is 6.07 Å². The third-order valence-corrected chi connectivity index (χ3v) is 27.3. The predicted octanol–water partition coefficient (Wildman–Crippen LogP) is 20.5. The second-order valence-electron chi connectivity index (χ2n) is 28.3. The van der Waals surface area contributed by atoms with Gasteiger partial charge in [-0.3, -0.25) is 14.1 Å². The molecule has 107 heavy (non-hydrogen) atoms. The number of amides is 1. The monoisotopic (exact) mass is 1580 g/mol. The highest BCUT2D eigenvalue weighted by Crippen LogP contribution is 2.41. The second-order valence-corrected chi connectivity index (χ2v) is 37.8. The van der Waals surface area contributed by atoms with Gasteiger partial charge in [-0.15, -0.1) is 0 Å². The number of carbonyl (C=O) groups excluding carboxylic acids is 2. The molecule has 0 aliphatic heterocycles. The van der Waals surface area contributed by atoms with Crippen molar-refractivity contribution in [2.75, 3.05) is 74.9 Å². The van der Waals surface area contributed by atoms with Crippen LogP contribution in [0.3, 0.4) is 0 Å². The average molecular weight is 1590 g/mol. The van der Waals surface area contributed by atoms with Gasteiger partial charge in [-0.1, -0.05) is 102 Å². The minimum atomic E-state index is -3.67. The number of ether oxygens (including phenoxy) is 1. The van der Waals surface area contributed by atoms with Crippen molar-refractivity contribution in [2.45, 2.75) is 168 Å². The van der Waals surface area contributed by atoms with E-state index < -0.39 is 10.1 Å². The first-order valence-electron chi connectivity index (χ1n) is 38.5. The van der Waals surface area contributed by atoms with Crippen LogP contribution in [0.4, 0.5) is 22.7 Å². The zero-order chi connectivity index (χ0) is 76.5. The molecule has 0 bridgehead atoms.